The molecular formula is C27H28FN5O. The largest absolute Gasteiger partial charge is 0.388 e. The third kappa shape index (κ3) is 3.32. The van der Waals surface area contributed by atoms with Crippen molar-refractivity contribution in [3.63, 3.8) is 0 Å². The van der Waals surface area contributed by atoms with Crippen LogP contribution in [0.25, 0.3) is 10.9 Å². The van der Waals surface area contributed by atoms with Crippen LogP contribution in [0.3, 0.4) is 0 Å². The van der Waals surface area contributed by atoms with E-state index in [0.717, 1.165) is 41.8 Å². The Bertz CT molecular complexity index is 1330. The van der Waals surface area contributed by atoms with Crippen LogP contribution < -0.4 is 9.80 Å². The van der Waals surface area contributed by atoms with Gasteiger partial charge in [-0.25, -0.2) is 4.39 Å². The van der Waals surface area contributed by atoms with Gasteiger partial charge in [-0.15, -0.1) is 0 Å². The van der Waals surface area contributed by atoms with Gasteiger partial charge in [-0.3, -0.25) is 9.88 Å². The maximum absolute atomic E-state index is 15.3. The maximum Gasteiger partial charge on any atom is 0.146 e. The van der Waals surface area contributed by atoms with E-state index in [9.17, 15) is 10.4 Å². The van der Waals surface area contributed by atoms with Gasteiger partial charge >= 0.3 is 0 Å². The van der Waals surface area contributed by atoms with Gasteiger partial charge in [0.2, 0.25) is 0 Å². The highest BCUT2D eigenvalue weighted by molar-refractivity contribution is 5.95. The quantitative estimate of drug-likeness (QED) is 0.628. The number of anilines is 2. The lowest BCUT2D eigenvalue weighted by molar-refractivity contribution is 0.0839. The average Bonchev–Trinajstić information content (AvgIpc) is 3.37. The lowest BCUT2D eigenvalue weighted by Gasteiger charge is -2.43. The molecule has 1 N–H and O–H groups in total. The van der Waals surface area contributed by atoms with Crippen LogP contribution in [0, 0.1) is 17.1 Å². The summed E-state index contributed by atoms with van der Waals surface area (Å²) in [6, 6.07) is 14.2. The zero-order valence-electron chi connectivity index (χ0n) is 19.5. The predicted octanol–water partition coefficient (Wildman–Crippen LogP) is 3.97. The van der Waals surface area contributed by atoms with Crippen LogP contribution in [0.5, 0.6) is 0 Å². The average molecular weight is 458 g/mol. The van der Waals surface area contributed by atoms with E-state index in [2.05, 4.69) is 27.8 Å². The van der Waals surface area contributed by atoms with E-state index in [1.165, 1.54) is 5.56 Å². The number of nitriles is 1. The minimum Gasteiger partial charge on any atom is -0.388 e. The zero-order chi connectivity index (χ0) is 23.6. The summed E-state index contributed by atoms with van der Waals surface area (Å²) < 4.78 is 15.3. The summed E-state index contributed by atoms with van der Waals surface area (Å²) in [4.78, 5) is 11.3. The van der Waals surface area contributed by atoms with Crippen molar-refractivity contribution in [3.8, 4) is 6.07 Å². The predicted molar refractivity (Wildman–Crippen MR) is 130 cm³/mol. The van der Waals surface area contributed by atoms with Crippen LogP contribution in [0.1, 0.15) is 43.0 Å². The summed E-state index contributed by atoms with van der Waals surface area (Å²) in [5.41, 5.74) is 4.43. The Morgan fingerprint density at radius 3 is 2.79 bits per heavy atom. The van der Waals surface area contributed by atoms with Gasteiger partial charge < -0.3 is 14.9 Å². The third-order valence-corrected chi connectivity index (χ3v) is 7.77. The van der Waals surface area contributed by atoms with Crippen LogP contribution in [0.15, 0.2) is 42.6 Å². The lowest BCUT2D eigenvalue weighted by Crippen LogP contribution is -2.51. The first-order valence-electron chi connectivity index (χ1n) is 11.9. The van der Waals surface area contributed by atoms with E-state index < -0.39 is 5.60 Å². The number of hydrogen-bond donors (Lipinski definition) is 1. The van der Waals surface area contributed by atoms with Gasteiger partial charge in [0.25, 0.3) is 0 Å². The van der Waals surface area contributed by atoms with Crippen molar-refractivity contribution in [2.24, 2.45) is 0 Å². The Labute approximate surface area is 198 Å². The normalized spacial score (nSPS) is 26.6. The van der Waals surface area contributed by atoms with Crippen molar-refractivity contribution < 1.29 is 9.50 Å². The van der Waals surface area contributed by atoms with E-state index in [1.54, 1.807) is 12.3 Å². The van der Waals surface area contributed by atoms with E-state index in [1.807, 2.05) is 42.2 Å². The summed E-state index contributed by atoms with van der Waals surface area (Å²) in [5.74, 6) is -0.212. The SMILES string of the molecule is CC1CN(c2ccc(C#N)c3ncccc23)CC2c3cc(F)c(N4CCC(C)(O)C4)cc3CN12. The van der Waals surface area contributed by atoms with E-state index in [4.69, 9.17) is 0 Å². The highest BCUT2D eigenvalue weighted by atomic mass is 19.1. The summed E-state index contributed by atoms with van der Waals surface area (Å²) in [6.45, 7) is 7.58. The van der Waals surface area contributed by atoms with Crippen molar-refractivity contribution in [2.45, 2.75) is 44.5 Å². The molecule has 3 aromatic rings. The van der Waals surface area contributed by atoms with E-state index in [0.29, 0.717) is 30.8 Å². The third-order valence-electron chi connectivity index (χ3n) is 7.77. The lowest BCUT2D eigenvalue weighted by atomic mass is 9.99. The van der Waals surface area contributed by atoms with E-state index in [-0.39, 0.29) is 17.9 Å². The van der Waals surface area contributed by atoms with Crippen molar-refractivity contribution in [3.05, 3.63) is 65.1 Å². The smallest absolute Gasteiger partial charge is 0.146 e. The molecule has 2 fully saturated rings. The molecule has 34 heavy (non-hydrogen) atoms. The fourth-order valence-corrected chi connectivity index (χ4v) is 6.04. The first kappa shape index (κ1) is 21.3. The standard InChI is InChI=1S/C27H28FN5O/c1-17-13-32(23-6-5-18(12-29)26-20(23)4-3-8-30-26)15-25-21-11-22(28)24(10-19(21)14-33(17)25)31-9-7-27(2,34)16-31/h3-6,8,10-11,17,25,34H,7,9,13-16H2,1-2H3. The van der Waals surface area contributed by atoms with Crippen LogP contribution in [-0.2, 0) is 6.54 Å². The molecule has 6 rings (SSSR count). The number of halogens is 1. The Balaban J connectivity index is 1.35. The molecule has 0 radical (unpaired) electrons. The number of piperazine rings is 1. The van der Waals surface area contributed by atoms with Crippen molar-refractivity contribution in [1.82, 2.24) is 9.88 Å². The van der Waals surface area contributed by atoms with Gasteiger partial charge in [0.05, 0.1) is 28.4 Å². The second-order valence-corrected chi connectivity index (χ2v) is 10.3. The molecule has 0 aliphatic carbocycles. The molecule has 0 bridgehead atoms. The van der Waals surface area contributed by atoms with Gasteiger partial charge in [-0.05, 0) is 67.8 Å². The minimum atomic E-state index is -0.767. The summed E-state index contributed by atoms with van der Waals surface area (Å²) in [5, 5.41) is 20.8. The monoisotopic (exact) mass is 457 g/mol. The van der Waals surface area contributed by atoms with Crippen LogP contribution in [-0.4, -0.2) is 52.8 Å². The number of nitrogens with zero attached hydrogens (tertiary/aromatic N) is 5. The van der Waals surface area contributed by atoms with Gasteiger partial charge in [-0.2, -0.15) is 5.26 Å². The van der Waals surface area contributed by atoms with Crippen LogP contribution in [0.4, 0.5) is 15.8 Å². The number of pyridine rings is 1. The summed E-state index contributed by atoms with van der Waals surface area (Å²) >= 11 is 0. The molecule has 7 heteroatoms. The number of aliphatic hydroxyl groups is 1. The fourth-order valence-electron chi connectivity index (χ4n) is 6.04. The van der Waals surface area contributed by atoms with Gasteiger partial charge in [0, 0.05) is 56.0 Å². The topological polar surface area (TPSA) is 66.6 Å². The molecule has 0 amide bonds. The number of fused-ring (bicyclic) bond motifs is 4. The number of benzene rings is 2. The minimum absolute atomic E-state index is 0.103. The fraction of sp³-hybridized carbons (Fsp3) is 0.407. The first-order valence-corrected chi connectivity index (χ1v) is 11.9. The maximum atomic E-state index is 15.3. The molecule has 4 heterocycles. The molecule has 2 saturated heterocycles. The first-order chi connectivity index (χ1) is 16.3. The summed E-state index contributed by atoms with van der Waals surface area (Å²) in [6.07, 6.45) is 2.37. The highest BCUT2D eigenvalue weighted by Gasteiger charge is 2.41. The molecule has 6 nitrogen and oxygen atoms in total. The van der Waals surface area contributed by atoms with E-state index >= 15 is 4.39 Å². The molecule has 3 aliphatic rings. The molecule has 174 valence electrons. The summed E-state index contributed by atoms with van der Waals surface area (Å²) in [7, 11) is 0. The van der Waals surface area contributed by atoms with Gasteiger partial charge in [-0.1, -0.05) is 0 Å². The molecule has 0 spiro atoms. The van der Waals surface area contributed by atoms with Crippen molar-refractivity contribution in [1.29, 1.82) is 5.26 Å². The zero-order valence-corrected chi connectivity index (χ0v) is 19.5. The molecule has 3 unspecified atom stereocenters. The molecule has 2 aromatic carbocycles. The Kier molecular flexibility index (Phi) is 4.80. The van der Waals surface area contributed by atoms with Crippen LogP contribution in [0.2, 0.25) is 0 Å². The highest BCUT2D eigenvalue weighted by Crippen LogP contribution is 2.43. The van der Waals surface area contributed by atoms with Crippen molar-refractivity contribution in [2.75, 3.05) is 36.0 Å². The molecule has 1 aromatic heterocycles. The Morgan fingerprint density at radius 2 is 2.03 bits per heavy atom. The molecular weight excluding hydrogens is 429 g/mol. The van der Waals surface area contributed by atoms with Gasteiger partial charge in [0.1, 0.15) is 11.9 Å². The Morgan fingerprint density at radius 1 is 1.18 bits per heavy atom. The number of aromatic nitrogens is 1. The van der Waals surface area contributed by atoms with Crippen LogP contribution >= 0.6 is 0 Å². The Hall–Kier alpha value is -3.21. The molecule has 3 atom stereocenters. The van der Waals surface area contributed by atoms with Gasteiger partial charge in [0.15, 0.2) is 0 Å². The molecule has 0 saturated carbocycles. The molecule has 3 aliphatic heterocycles. The number of hydrogen-bond acceptors (Lipinski definition) is 6. The second-order valence-electron chi connectivity index (χ2n) is 10.3. The second kappa shape index (κ2) is 7.66. The van der Waals surface area contributed by atoms with Crippen molar-refractivity contribution >= 4 is 22.3 Å². The number of rotatable bonds is 2. The number of β-amino-alcohol motifs (C(OH)–C–C–N with tert-alkyl or cyclic N) is 1.